The number of rotatable bonds is 2. The molecule has 0 saturated carbocycles. The Labute approximate surface area is 116 Å². The number of likely N-dealkylation sites (N-methyl/N-ethyl adjacent to an activating group) is 1. The first kappa shape index (κ1) is 12.6. The van der Waals surface area contributed by atoms with Gasteiger partial charge in [-0.1, -0.05) is 0 Å². The van der Waals surface area contributed by atoms with Gasteiger partial charge in [-0.05, 0) is 31.3 Å². The summed E-state index contributed by atoms with van der Waals surface area (Å²) < 4.78 is 12.9. The van der Waals surface area contributed by atoms with Gasteiger partial charge in [-0.2, -0.15) is 0 Å². The van der Waals surface area contributed by atoms with Crippen molar-refractivity contribution < 1.29 is 4.39 Å². The van der Waals surface area contributed by atoms with Crippen LogP contribution in [0.15, 0.2) is 29.6 Å². The highest BCUT2D eigenvalue weighted by Crippen LogP contribution is 2.28. The quantitative estimate of drug-likeness (QED) is 0.841. The number of halogens is 1. The number of hydrogen-bond donors (Lipinski definition) is 0. The molecule has 0 bridgehead atoms. The van der Waals surface area contributed by atoms with Crippen molar-refractivity contribution in [2.45, 2.75) is 0 Å². The molecule has 5 heteroatoms. The van der Waals surface area contributed by atoms with Gasteiger partial charge in [-0.15, -0.1) is 11.3 Å². The third-order valence-electron chi connectivity index (χ3n) is 3.41. The maximum Gasteiger partial charge on any atom is 0.185 e. The molecule has 0 radical (unpaired) electrons. The number of aromatic nitrogens is 1. The van der Waals surface area contributed by atoms with Crippen LogP contribution in [0.4, 0.5) is 9.52 Å². The predicted molar refractivity (Wildman–Crippen MR) is 77.2 cm³/mol. The van der Waals surface area contributed by atoms with Crippen LogP contribution in [0, 0.1) is 5.82 Å². The summed E-state index contributed by atoms with van der Waals surface area (Å²) in [4.78, 5) is 9.30. The van der Waals surface area contributed by atoms with Gasteiger partial charge in [0.25, 0.3) is 0 Å². The number of piperazine rings is 1. The Morgan fingerprint density at radius 3 is 2.47 bits per heavy atom. The topological polar surface area (TPSA) is 19.4 Å². The fourth-order valence-electron chi connectivity index (χ4n) is 2.16. The molecule has 1 fully saturated rings. The number of benzene rings is 1. The molecule has 19 heavy (non-hydrogen) atoms. The van der Waals surface area contributed by atoms with Gasteiger partial charge in [-0.25, -0.2) is 9.37 Å². The van der Waals surface area contributed by atoms with Crippen molar-refractivity contribution in [2.75, 3.05) is 38.1 Å². The van der Waals surface area contributed by atoms with Crippen LogP contribution in [0.25, 0.3) is 11.3 Å². The Morgan fingerprint density at radius 2 is 1.79 bits per heavy atom. The predicted octanol–water partition coefficient (Wildman–Crippen LogP) is 2.70. The molecule has 0 N–H and O–H groups in total. The zero-order valence-corrected chi connectivity index (χ0v) is 11.7. The standard InChI is InChI=1S/C14H16FN3S/c1-17-6-8-18(9-7-17)14-16-13(10-19-14)11-2-4-12(15)5-3-11/h2-5,10H,6-9H2,1H3. The maximum atomic E-state index is 12.9. The fourth-order valence-corrected chi connectivity index (χ4v) is 3.05. The molecule has 0 spiro atoms. The van der Waals surface area contributed by atoms with Gasteiger partial charge < -0.3 is 9.80 Å². The van der Waals surface area contributed by atoms with E-state index in [9.17, 15) is 4.39 Å². The summed E-state index contributed by atoms with van der Waals surface area (Å²) in [7, 11) is 2.14. The van der Waals surface area contributed by atoms with Crippen LogP contribution in [0.1, 0.15) is 0 Å². The summed E-state index contributed by atoms with van der Waals surface area (Å²) in [5.41, 5.74) is 1.90. The molecule has 2 heterocycles. The second kappa shape index (κ2) is 5.27. The van der Waals surface area contributed by atoms with Crippen LogP contribution in [0.2, 0.25) is 0 Å². The van der Waals surface area contributed by atoms with Gasteiger partial charge in [0.2, 0.25) is 0 Å². The second-order valence-corrected chi connectivity index (χ2v) is 5.65. The third kappa shape index (κ3) is 2.77. The lowest BCUT2D eigenvalue weighted by atomic mass is 10.2. The molecule has 1 aromatic carbocycles. The molecule has 3 rings (SSSR count). The SMILES string of the molecule is CN1CCN(c2nc(-c3ccc(F)cc3)cs2)CC1. The monoisotopic (exact) mass is 277 g/mol. The van der Waals surface area contributed by atoms with E-state index in [1.807, 2.05) is 5.38 Å². The normalized spacial score (nSPS) is 16.8. The molecule has 3 nitrogen and oxygen atoms in total. The lowest BCUT2D eigenvalue weighted by Crippen LogP contribution is -2.44. The number of hydrogen-bond acceptors (Lipinski definition) is 4. The van der Waals surface area contributed by atoms with Crippen LogP contribution in [-0.2, 0) is 0 Å². The molecule has 0 amide bonds. The van der Waals surface area contributed by atoms with Crippen molar-refractivity contribution in [1.82, 2.24) is 9.88 Å². The minimum Gasteiger partial charge on any atom is -0.346 e. The van der Waals surface area contributed by atoms with Gasteiger partial charge >= 0.3 is 0 Å². The molecule has 2 aromatic rings. The summed E-state index contributed by atoms with van der Waals surface area (Å²) in [6.07, 6.45) is 0. The highest BCUT2D eigenvalue weighted by atomic mass is 32.1. The van der Waals surface area contributed by atoms with Gasteiger partial charge in [0.05, 0.1) is 5.69 Å². The summed E-state index contributed by atoms with van der Waals surface area (Å²) in [6, 6.07) is 6.50. The van der Waals surface area contributed by atoms with E-state index in [4.69, 9.17) is 0 Å². The van der Waals surface area contributed by atoms with Crippen molar-refractivity contribution in [3.05, 3.63) is 35.5 Å². The van der Waals surface area contributed by atoms with Crippen LogP contribution in [0.5, 0.6) is 0 Å². The molecule has 100 valence electrons. The minimum absolute atomic E-state index is 0.210. The van der Waals surface area contributed by atoms with E-state index >= 15 is 0 Å². The van der Waals surface area contributed by atoms with E-state index in [-0.39, 0.29) is 5.82 Å². The van der Waals surface area contributed by atoms with Crippen molar-refractivity contribution in [2.24, 2.45) is 0 Å². The van der Waals surface area contributed by atoms with Crippen molar-refractivity contribution >= 4 is 16.5 Å². The highest BCUT2D eigenvalue weighted by Gasteiger charge is 2.17. The van der Waals surface area contributed by atoms with E-state index in [1.54, 1.807) is 23.5 Å². The van der Waals surface area contributed by atoms with Crippen molar-refractivity contribution in [3.8, 4) is 11.3 Å². The third-order valence-corrected chi connectivity index (χ3v) is 4.31. The van der Waals surface area contributed by atoms with E-state index < -0.39 is 0 Å². The molecule has 0 unspecified atom stereocenters. The summed E-state index contributed by atoms with van der Waals surface area (Å²) in [5, 5.41) is 3.10. The van der Waals surface area contributed by atoms with E-state index in [1.165, 1.54) is 12.1 Å². The Hall–Kier alpha value is -1.46. The first-order valence-electron chi connectivity index (χ1n) is 6.37. The van der Waals surface area contributed by atoms with E-state index in [2.05, 4.69) is 21.8 Å². The molecule has 1 saturated heterocycles. The van der Waals surface area contributed by atoms with E-state index in [0.29, 0.717) is 0 Å². The van der Waals surface area contributed by atoms with Crippen LogP contribution in [-0.4, -0.2) is 43.1 Å². The first-order valence-corrected chi connectivity index (χ1v) is 7.25. The van der Waals surface area contributed by atoms with Gasteiger partial charge in [-0.3, -0.25) is 0 Å². The largest absolute Gasteiger partial charge is 0.346 e. The minimum atomic E-state index is -0.210. The van der Waals surface area contributed by atoms with Crippen LogP contribution < -0.4 is 4.90 Å². The molecule has 1 aliphatic rings. The Morgan fingerprint density at radius 1 is 1.11 bits per heavy atom. The molecular weight excluding hydrogens is 261 g/mol. The fraction of sp³-hybridized carbons (Fsp3) is 0.357. The molecule has 1 aliphatic heterocycles. The summed E-state index contributed by atoms with van der Waals surface area (Å²) in [5.74, 6) is -0.210. The molecule has 0 atom stereocenters. The molecular formula is C14H16FN3S. The Kier molecular flexibility index (Phi) is 3.48. The Balaban J connectivity index is 1.77. The highest BCUT2D eigenvalue weighted by molar-refractivity contribution is 7.14. The van der Waals surface area contributed by atoms with Crippen molar-refractivity contribution in [1.29, 1.82) is 0 Å². The molecule has 0 aliphatic carbocycles. The van der Waals surface area contributed by atoms with Gasteiger partial charge in [0.15, 0.2) is 5.13 Å². The average Bonchev–Trinajstić information content (AvgIpc) is 2.90. The summed E-state index contributed by atoms with van der Waals surface area (Å²) in [6.45, 7) is 4.19. The van der Waals surface area contributed by atoms with Crippen molar-refractivity contribution in [3.63, 3.8) is 0 Å². The maximum absolute atomic E-state index is 12.9. The van der Waals surface area contributed by atoms with Crippen LogP contribution in [0.3, 0.4) is 0 Å². The smallest absolute Gasteiger partial charge is 0.185 e. The van der Waals surface area contributed by atoms with Gasteiger partial charge in [0, 0.05) is 37.1 Å². The Bertz CT molecular complexity index is 544. The average molecular weight is 277 g/mol. The zero-order chi connectivity index (χ0) is 13.2. The lowest BCUT2D eigenvalue weighted by Gasteiger charge is -2.32. The number of thiazole rings is 1. The second-order valence-electron chi connectivity index (χ2n) is 4.81. The van der Waals surface area contributed by atoms with E-state index in [0.717, 1.165) is 42.6 Å². The zero-order valence-electron chi connectivity index (χ0n) is 10.8. The first-order chi connectivity index (χ1) is 9.22. The van der Waals surface area contributed by atoms with Crippen LogP contribution >= 0.6 is 11.3 Å². The van der Waals surface area contributed by atoms with Gasteiger partial charge in [0.1, 0.15) is 5.82 Å². The molecule has 1 aromatic heterocycles. The number of anilines is 1. The summed E-state index contributed by atoms with van der Waals surface area (Å²) >= 11 is 1.66. The number of nitrogens with zero attached hydrogens (tertiary/aromatic N) is 3. The lowest BCUT2D eigenvalue weighted by molar-refractivity contribution is 0.313.